The van der Waals surface area contributed by atoms with Crippen molar-refractivity contribution in [2.45, 2.75) is 25.8 Å². The molecule has 0 aliphatic carbocycles. The topological polar surface area (TPSA) is 119 Å². The number of nitrogens with zero attached hydrogens (tertiary/aromatic N) is 2. The van der Waals surface area contributed by atoms with Gasteiger partial charge in [-0.2, -0.15) is 0 Å². The number of hydrogen-bond donors (Lipinski definition) is 2. The molecule has 124 valence electrons. The number of nitrogens with two attached hydrogens (primary N) is 1. The SMILES string of the molecule is CC(C(=O)Nc1ccccc1[N+](=O)[O-])N1CCCC(C(N)=O)C1. The van der Waals surface area contributed by atoms with Crippen LogP contribution in [0.25, 0.3) is 0 Å². The van der Waals surface area contributed by atoms with Gasteiger partial charge >= 0.3 is 0 Å². The summed E-state index contributed by atoms with van der Waals surface area (Å²) in [6, 6.07) is 5.49. The van der Waals surface area contributed by atoms with E-state index in [1.165, 1.54) is 12.1 Å². The first-order valence-corrected chi connectivity index (χ1v) is 7.47. The maximum atomic E-state index is 12.4. The third-order valence-corrected chi connectivity index (χ3v) is 4.14. The smallest absolute Gasteiger partial charge is 0.292 e. The lowest BCUT2D eigenvalue weighted by atomic mass is 9.96. The van der Waals surface area contributed by atoms with Gasteiger partial charge < -0.3 is 11.1 Å². The Kier molecular flexibility index (Phi) is 5.28. The average Bonchev–Trinajstić information content (AvgIpc) is 2.54. The molecule has 8 heteroatoms. The highest BCUT2D eigenvalue weighted by atomic mass is 16.6. The van der Waals surface area contributed by atoms with Crippen molar-refractivity contribution in [3.8, 4) is 0 Å². The van der Waals surface area contributed by atoms with Gasteiger partial charge in [0.25, 0.3) is 5.69 Å². The number of nitrogens with one attached hydrogen (secondary N) is 1. The maximum Gasteiger partial charge on any atom is 0.292 e. The molecule has 0 radical (unpaired) electrons. The zero-order valence-electron chi connectivity index (χ0n) is 12.9. The quantitative estimate of drug-likeness (QED) is 0.622. The summed E-state index contributed by atoms with van der Waals surface area (Å²) in [5, 5.41) is 13.6. The molecule has 8 nitrogen and oxygen atoms in total. The van der Waals surface area contributed by atoms with Crippen LogP contribution in [0.3, 0.4) is 0 Å². The molecule has 1 aromatic carbocycles. The molecule has 23 heavy (non-hydrogen) atoms. The van der Waals surface area contributed by atoms with E-state index in [0.717, 1.165) is 12.8 Å². The van der Waals surface area contributed by atoms with E-state index in [0.29, 0.717) is 13.1 Å². The van der Waals surface area contributed by atoms with Gasteiger partial charge in [-0.15, -0.1) is 0 Å². The fourth-order valence-electron chi connectivity index (χ4n) is 2.73. The van der Waals surface area contributed by atoms with E-state index in [1.54, 1.807) is 19.1 Å². The summed E-state index contributed by atoms with van der Waals surface area (Å²) < 4.78 is 0. The fourth-order valence-corrected chi connectivity index (χ4v) is 2.73. The largest absolute Gasteiger partial charge is 0.369 e. The second-order valence-electron chi connectivity index (χ2n) is 5.68. The van der Waals surface area contributed by atoms with E-state index >= 15 is 0 Å². The predicted molar refractivity (Wildman–Crippen MR) is 84.7 cm³/mol. The lowest BCUT2D eigenvalue weighted by Crippen LogP contribution is -2.49. The van der Waals surface area contributed by atoms with Crippen molar-refractivity contribution in [2.24, 2.45) is 11.7 Å². The molecule has 1 aliphatic rings. The monoisotopic (exact) mass is 320 g/mol. The van der Waals surface area contributed by atoms with Crippen molar-refractivity contribution in [3.63, 3.8) is 0 Å². The normalized spacial score (nSPS) is 19.8. The van der Waals surface area contributed by atoms with Crippen LogP contribution in [0.2, 0.25) is 0 Å². The Morgan fingerprint density at radius 1 is 1.43 bits per heavy atom. The Balaban J connectivity index is 2.06. The van der Waals surface area contributed by atoms with Gasteiger partial charge in [0.2, 0.25) is 11.8 Å². The molecule has 1 aromatic rings. The first-order valence-electron chi connectivity index (χ1n) is 7.47. The van der Waals surface area contributed by atoms with Gasteiger partial charge in [0.1, 0.15) is 5.69 Å². The first-order chi connectivity index (χ1) is 10.9. The van der Waals surface area contributed by atoms with Crippen molar-refractivity contribution in [2.75, 3.05) is 18.4 Å². The number of para-hydroxylation sites is 2. The Morgan fingerprint density at radius 3 is 2.78 bits per heavy atom. The van der Waals surface area contributed by atoms with Gasteiger partial charge in [0, 0.05) is 12.6 Å². The average molecular weight is 320 g/mol. The number of benzene rings is 1. The van der Waals surface area contributed by atoms with E-state index in [4.69, 9.17) is 5.73 Å². The number of likely N-dealkylation sites (tertiary alicyclic amines) is 1. The number of nitro benzene ring substituents is 1. The lowest BCUT2D eigenvalue weighted by molar-refractivity contribution is -0.383. The van der Waals surface area contributed by atoms with Crippen LogP contribution in [0, 0.1) is 16.0 Å². The van der Waals surface area contributed by atoms with E-state index in [-0.39, 0.29) is 29.1 Å². The minimum Gasteiger partial charge on any atom is -0.369 e. The number of carbonyl (C=O) groups is 2. The molecule has 0 spiro atoms. The third-order valence-electron chi connectivity index (χ3n) is 4.14. The van der Waals surface area contributed by atoms with Crippen LogP contribution in [0.4, 0.5) is 11.4 Å². The molecule has 2 unspecified atom stereocenters. The number of anilines is 1. The van der Waals surface area contributed by atoms with Crippen molar-refractivity contribution in [1.82, 2.24) is 4.90 Å². The Labute approximate surface area is 133 Å². The van der Waals surface area contributed by atoms with Gasteiger partial charge in [-0.3, -0.25) is 24.6 Å². The summed E-state index contributed by atoms with van der Waals surface area (Å²) >= 11 is 0. The number of primary amides is 1. The minimum absolute atomic E-state index is 0.151. The first kappa shape index (κ1) is 16.9. The highest BCUT2D eigenvalue weighted by Crippen LogP contribution is 2.24. The molecule has 1 saturated heterocycles. The molecular weight excluding hydrogens is 300 g/mol. The number of hydrogen-bond acceptors (Lipinski definition) is 5. The lowest BCUT2D eigenvalue weighted by Gasteiger charge is -2.34. The molecular formula is C15H20N4O4. The van der Waals surface area contributed by atoms with Crippen molar-refractivity contribution < 1.29 is 14.5 Å². The Morgan fingerprint density at radius 2 is 2.13 bits per heavy atom. The zero-order chi connectivity index (χ0) is 17.0. The van der Waals surface area contributed by atoms with E-state index < -0.39 is 11.0 Å². The molecule has 2 atom stereocenters. The van der Waals surface area contributed by atoms with E-state index in [9.17, 15) is 19.7 Å². The van der Waals surface area contributed by atoms with Crippen LogP contribution < -0.4 is 11.1 Å². The summed E-state index contributed by atoms with van der Waals surface area (Å²) in [4.78, 5) is 36.0. The highest BCUT2D eigenvalue weighted by molar-refractivity contribution is 5.96. The number of nitro groups is 1. The summed E-state index contributed by atoms with van der Waals surface area (Å²) in [6.45, 7) is 2.84. The third kappa shape index (κ3) is 4.04. The van der Waals surface area contributed by atoms with E-state index in [1.807, 2.05) is 4.90 Å². The summed E-state index contributed by atoms with van der Waals surface area (Å²) in [5.74, 6) is -0.963. The molecule has 2 rings (SSSR count). The number of amides is 2. The minimum atomic E-state index is -0.537. The Hall–Kier alpha value is -2.48. The van der Waals surface area contributed by atoms with E-state index in [2.05, 4.69) is 5.32 Å². The van der Waals surface area contributed by atoms with Gasteiger partial charge in [-0.05, 0) is 32.4 Å². The standard InChI is InChI=1S/C15H20N4O4/c1-10(18-8-4-5-11(9-18)14(16)20)15(21)17-12-6-2-3-7-13(12)19(22)23/h2-3,6-7,10-11H,4-5,8-9H2,1H3,(H2,16,20)(H,17,21). The maximum absolute atomic E-state index is 12.4. The van der Waals surface area contributed by atoms with Crippen LogP contribution in [0.5, 0.6) is 0 Å². The van der Waals surface area contributed by atoms with Gasteiger partial charge in [0.05, 0.1) is 16.9 Å². The van der Waals surface area contributed by atoms with Gasteiger partial charge in [-0.25, -0.2) is 0 Å². The van der Waals surface area contributed by atoms with Crippen molar-refractivity contribution in [1.29, 1.82) is 0 Å². The highest BCUT2D eigenvalue weighted by Gasteiger charge is 2.30. The summed E-state index contributed by atoms with van der Waals surface area (Å²) in [6.07, 6.45) is 1.51. The molecule has 1 fully saturated rings. The molecule has 0 saturated carbocycles. The van der Waals surface area contributed by atoms with Gasteiger partial charge in [0.15, 0.2) is 0 Å². The Bertz CT molecular complexity index is 619. The molecule has 3 N–H and O–H groups in total. The van der Waals surface area contributed by atoms with Crippen LogP contribution in [-0.4, -0.2) is 40.8 Å². The number of rotatable bonds is 5. The zero-order valence-corrected chi connectivity index (χ0v) is 12.9. The molecule has 0 bridgehead atoms. The molecule has 2 amide bonds. The second-order valence-corrected chi connectivity index (χ2v) is 5.68. The van der Waals surface area contributed by atoms with Crippen LogP contribution in [0.1, 0.15) is 19.8 Å². The number of carbonyl (C=O) groups excluding carboxylic acids is 2. The number of piperidine rings is 1. The predicted octanol–water partition coefficient (Wildman–Crippen LogP) is 1.12. The fraction of sp³-hybridized carbons (Fsp3) is 0.467. The van der Waals surface area contributed by atoms with Crippen molar-refractivity contribution >= 4 is 23.2 Å². The molecule has 1 heterocycles. The summed E-state index contributed by atoms with van der Waals surface area (Å²) in [7, 11) is 0. The van der Waals surface area contributed by atoms with Gasteiger partial charge in [-0.1, -0.05) is 12.1 Å². The summed E-state index contributed by atoms with van der Waals surface area (Å²) in [5.41, 5.74) is 5.35. The van der Waals surface area contributed by atoms with Crippen LogP contribution >= 0.6 is 0 Å². The van der Waals surface area contributed by atoms with Crippen LogP contribution in [0.15, 0.2) is 24.3 Å². The van der Waals surface area contributed by atoms with Crippen molar-refractivity contribution in [3.05, 3.63) is 34.4 Å². The molecule has 0 aromatic heterocycles. The second kappa shape index (κ2) is 7.19. The van der Waals surface area contributed by atoms with Crippen LogP contribution in [-0.2, 0) is 9.59 Å². The molecule has 1 aliphatic heterocycles.